The van der Waals surface area contributed by atoms with Gasteiger partial charge in [0.15, 0.2) is 0 Å². The highest BCUT2D eigenvalue weighted by Gasteiger charge is 2.25. The average Bonchev–Trinajstić information content (AvgIpc) is 2.48. The molecule has 1 rings (SSSR count). The largest absolute Gasteiger partial charge is 0.243 e. The minimum Gasteiger partial charge on any atom is -0.207 e. The Kier molecular flexibility index (Phi) is 8.12. The maximum Gasteiger partial charge on any atom is 0.243 e. The highest BCUT2D eigenvalue weighted by atomic mass is 32.2. The molecule has 3 nitrogen and oxygen atoms in total. The lowest BCUT2D eigenvalue weighted by atomic mass is 10.2. The van der Waals surface area contributed by atoms with Crippen molar-refractivity contribution in [2.45, 2.75) is 71.1 Å². The Morgan fingerprint density at radius 2 is 1.45 bits per heavy atom. The van der Waals surface area contributed by atoms with Gasteiger partial charge in [-0.3, -0.25) is 0 Å². The van der Waals surface area contributed by atoms with E-state index in [1.54, 1.807) is 10.4 Å². The Balaban J connectivity index is 3.00. The zero-order valence-electron chi connectivity index (χ0n) is 14.6. The van der Waals surface area contributed by atoms with Gasteiger partial charge in [0.25, 0.3) is 0 Å². The van der Waals surface area contributed by atoms with Gasteiger partial charge in [0.05, 0.1) is 4.90 Å². The fourth-order valence-corrected chi connectivity index (χ4v) is 4.38. The monoisotopic (exact) mass is 325 g/mol. The molecule has 0 unspecified atom stereocenters. The van der Waals surface area contributed by atoms with Crippen LogP contribution in [0.15, 0.2) is 23.1 Å². The average molecular weight is 326 g/mol. The summed E-state index contributed by atoms with van der Waals surface area (Å²) in [5.74, 6) is 0. The van der Waals surface area contributed by atoms with Gasteiger partial charge >= 0.3 is 0 Å². The van der Waals surface area contributed by atoms with Crippen LogP contribution in [0.1, 0.15) is 63.5 Å². The van der Waals surface area contributed by atoms with Gasteiger partial charge in [0.2, 0.25) is 10.0 Å². The summed E-state index contributed by atoms with van der Waals surface area (Å²) in [6.45, 7) is 9.36. The number of hydrogen-bond acceptors (Lipinski definition) is 2. The zero-order chi connectivity index (χ0) is 16.6. The Bertz CT molecular complexity index is 542. The van der Waals surface area contributed by atoms with Crippen LogP contribution in [-0.2, 0) is 10.0 Å². The predicted octanol–water partition coefficient (Wildman–Crippen LogP) is 4.67. The maximum atomic E-state index is 13.0. The lowest BCUT2D eigenvalue weighted by Crippen LogP contribution is -2.33. The summed E-state index contributed by atoms with van der Waals surface area (Å²) in [6, 6.07) is 5.67. The Hall–Kier alpha value is -0.870. The molecule has 4 heteroatoms. The highest BCUT2D eigenvalue weighted by Crippen LogP contribution is 2.22. The van der Waals surface area contributed by atoms with Crippen molar-refractivity contribution in [2.75, 3.05) is 13.1 Å². The Morgan fingerprint density at radius 3 is 1.95 bits per heavy atom. The van der Waals surface area contributed by atoms with E-state index in [-0.39, 0.29) is 0 Å². The molecule has 126 valence electrons. The van der Waals surface area contributed by atoms with Crippen LogP contribution in [0.5, 0.6) is 0 Å². The molecule has 0 atom stereocenters. The molecule has 0 radical (unpaired) electrons. The van der Waals surface area contributed by atoms with E-state index in [1.807, 2.05) is 26.0 Å². The van der Waals surface area contributed by atoms with Gasteiger partial charge < -0.3 is 0 Å². The molecule has 0 N–H and O–H groups in total. The van der Waals surface area contributed by atoms with Gasteiger partial charge in [0.1, 0.15) is 0 Å². The van der Waals surface area contributed by atoms with Crippen LogP contribution in [0.25, 0.3) is 0 Å². The molecule has 1 aromatic rings. The standard InChI is InChI=1S/C18H31NO2S/c1-5-7-9-13-19(14-10-8-6-2)22(20,21)18-15-16(3)11-12-17(18)4/h11-12,15H,5-10,13-14H2,1-4H3. The van der Waals surface area contributed by atoms with Gasteiger partial charge in [-0.15, -0.1) is 0 Å². The lowest BCUT2D eigenvalue weighted by molar-refractivity contribution is 0.388. The fraction of sp³-hybridized carbons (Fsp3) is 0.667. The van der Waals surface area contributed by atoms with Gasteiger partial charge in [0, 0.05) is 13.1 Å². The quantitative estimate of drug-likeness (QED) is 0.586. The first kappa shape index (κ1) is 19.2. The summed E-state index contributed by atoms with van der Waals surface area (Å²) in [7, 11) is -3.38. The molecule has 22 heavy (non-hydrogen) atoms. The molecule has 0 heterocycles. The number of rotatable bonds is 10. The smallest absolute Gasteiger partial charge is 0.207 e. The third-order valence-corrected chi connectivity index (χ3v) is 6.02. The molecule has 0 fully saturated rings. The number of benzene rings is 1. The molecule has 0 amide bonds. The van der Waals surface area contributed by atoms with Crippen LogP contribution in [0.3, 0.4) is 0 Å². The molecule has 0 aliphatic rings. The van der Waals surface area contributed by atoms with Crippen LogP contribution < -0.4 is 0 Å². The van der Waals surface area contributed by atoms with Gasteiger partial charge in [-0.1, -0.05) is 51.7 Å². The minimum absolute atomic E-state index is 0.473. The summed E-state index contributed by atoms with van der Waals surface area (Å²) < 4.78 is 27.7. The fourth-order valence-electron chi connectivity index (χ4n) is 2.55. The SMILES string of the molecule is CCCCCN(CCCCC)S(=O)(=O)c1cc(C)ccc1C. The van der Waals surface area contributed by atoms with E-state index < -0.39 is 10.0 Å². The summed E-state index contributed by atoms with van der Waals surface area (Å²) in [4.78, 5) is 0.473. The second-order valence-corrected chi connectivity index (χ2v) is 7.99. The molecule has 0 saturated heterocycles. The zero-order valence-corrected chi connectivity index (χ0v) is 15.4. The topological polar surface area (TPSA) is 37.4 Å². The second-order valence-electron chi connectivity index (χ2n) is 6.09. The van der Waals surface area contributed by atoms with E-state index in [1.165, 1.54) is 0 Å². The second kappa shape index (κ2) is 9.31. The normalized spacial score (nSPS) is 12.0. The third-order valence-electron chi connectivity index (χ3n) is 3.98. The number of sulfonamides is 1. The molecule has 0 aliphatic carbocycles. The summed E-state index contributed by atoms with van der Waals surface area (Å²) in [6.07, 6.45) is 6.23. The molecular weight excluding hydrogens is 294 g/mol. The summed E-state index contributed by atoms with van der Waals surface area (Å²) >= 11 is 0. The van der Waals surface area contributed by atoms with Crippen molar-refractivity contribution < 1.29 is 8.42 Å². The van der Waals surface area contributed by atoms with Crippen LogP contribution in [0.4, 0.5) is 0 Å². The molecule has 0 spiro atoms. The summed E-state index contributed by atoms with van der Waals surface area (Å²) in [5.41, 5.74) is 1.83. The van der Waals surface area contributed by atoms with Crippen molar-refractivity contribution in [2.24, 2.45) is 0 Å². The van der Waals surface area contributed by atoms with Crippen molar-refractivity contribution in [3.63, 3.8) is 0 Å². The van der Waals surface area contributed by atoms with Crippen molar-refractivity contribution in [3.05, 3.63) is 29.3 Å². The Labute approximate surface area is 136 Å². The number of hydrogen-bond donors (Lipinski definition) is 0. The van der Waals surface area contributed by atoms with Crippen LogP contribution >= 0.6 is 0 Å². The number of aryl methyl sites for hydroxylation is 2. The van der Waals surface area contributed by atoms with E-state index >= 15 is 0 Å². The van der Waals surface area contributed by atoms with E-state index in [0.29, 0.717) is 18.0 Å². The highest BCUT2D eigenvalue weighted by molar-refractivity contribution is 7.89. The first-order chi connectivity index (χ1) is 10.4. The van der Waals surface area contributed by atoms with Crippen molar-refractivity contribution >= 4 is 10.0 Å². The molecule has 0 saturated carbocycles. The van der Waals surface area contributed by atoms with Crippen molar-refractivity contribution in [1.29, 1.82) is 0 Å². The Morgan fingerprint density at radius 1 is 0.909 bits per heavy atom. The van der Waals surface area contributed by atoms with Crippen LogP contribution in [0.2, 0.25) is 0 Å². The first-order valence-corrected chi connectivity index (χ1v) is 9.94. The molecular formula is C18H31NO2S. The molecule has 1 aromatic carbocycles. The van der Waals surface area contributed by atoms with E-state index in [2.05, 4.69) is 13.8 Å². The summed E-state index contributed by atoms with van der Waals surface area (Å²) in [5, 5.41) is 0. The lowest BCUT2D eigenvalue weighted by Gasteiger charge is -2.23. The van der Waals surface area contributed by atoms with E-state index in [9.17, 15) is 8.42 Å². The van der Waals surface area contributed by atoms with E-state index in [0.717, 1.165) is 49.7 Å². The van der Waals surface area contributed by atoms with Gasteiger partial charge in [-0.05, 0) is 43.9 Å². The maximum absolute atomic E-state index is 13.0. The molecule has 0 aliphatic heterocycles. The van der Waals surface area contributed by atoms with Crippen LogP contribution in [0, 0.1) is 13.8 Å². The van der Waals surface area contributed by atoms with Gasteiger partial charge in [-0.2, -0.15) is 4.31 Å². The molecule has 0 bridgehead atoms. The number of nitrogens with zero attached hydrogens (tertiary/aromatic N) is 1. The minimum atomic E-state index is -3.38. The van der Waals surface area contributed by atoms with E-state index in [4.69, 9.17) is 0 Å². The van der Waals surface area contributed by atoms with Crippen molar-refractivity contribution in [1.82, 2.24) is 4.31 Å². The van der Waals surface area contributed by atoms with Gasteiger partial charge in [-0.25, -0.2) is 8.42 Å². The van der Waals surface area contributed by atoms with Crippen molar-refractivity contribution in [3.8, 4) is 0 Å². The third kappa shape index (κ3) is 5.40. The first-order valence-electron chi connectivity index (χ1n) is 8.50. The number of unbranched alkanes of at least 4 members (excludes halogenated alkanes) is 4. The molecule has 0 aromatic heterocycles. The predicted molar refractivity (Wildman–Crippen MR) is 93.7 cm³/mol. The van der Waals surface area contributed by atoms with Crippen LogP contribution in [-0.4, -0.2) is 25.8 Å².